The minimum absolute atomic E-state index is 0.154. The summed E-state index contributed by atoms with van der Waals surface area (Å²) in [5.41, 5.74) is 6.62. The van der Waals surface area contributed by atoms with Crippen molar-refractivity contribution in [2.24, 2.45) is 0 Å². The molecular formula is C23H25NO3. The largest absolute Gasteiger partial charge is 0.454 e. The molecule has 0 spiro atoms. The van der Waals surface area contributed by atoms with Crippen LogP contribution < -0.4 is 0 Å². The summed E-state index contributed by atoms with van der Waals surface area (Å²) in [5.74, 6) is -0.640. The van der Waals surface area contributed by atoms with Crippen LogP contribution in [0.4, 0.5) is 0 Å². The molecular weight excluding hydrogens is 338 g/mol. The third-order valence-corrected chi connectivity index (χ3v) is 5.60. The van der Waals surface area contributed by atoms with E-state index in [-0.39, 0.29) is 12.4 Å². The minimum atomic E-state index is -0.485. The number of carbonyl (C=O) groups excluding carboxylic acids is 2. The molecule has 2 aliphatic carbocycles. The summed E-state index contributed by atoms with van der Waals surface area (Å²) >= 11 is 0. The zero-order valence-corrected chi connectivity index (χ0v) is 16.0. The van der Waals surface area contributed by atoms with Crippen LogP contribution in [-0.2, 0) is 22.4 Å². The average Bonchev–Trinajstić information content (AvgIpc) is 3.29. The summed E-state index contributed by atoms with van der Waals surface area (Å²) in [6.45, 7) is 3.95. The van der Waals surface area contributed by atoms with Crippen molar-refractivity contribution in [2.75, 3.05) is 6.61 Å². The van der Waals surface area contributed by atoms with E-state index in [1.807, 2.05) is 18.2 Å². The number of Topliss-reactive ketones (excluding diaryl/α,β-unsaturated/α-hetero) is 1. The summed E-state index contributed by atoms with van der Waals surface area (Å²) in [7, 11) is 0. The second kappa shape index (κ2) is 7.18. The Labute approximate surface area is 159 Å². The Kier molecular flexibility index (Phi) is 4.73. The molecule has 0 atom stereocenters. The number of ether oxygens (including phenoxy) is 1. The minimum Gasteiger partial charge on any atom is -0.454 e. The number of hydrogen-bond donors (Lipinski definition) is 0. The molecule has 0 unspecified atom stereocenters. The van der Waals surface area contributed by atoms with E-state index in [0.717, 1.165) is 24.8 Å². The SMILES string of the molecule is Cc1cc(/C=C/C(=O)OCC(=O)c2ccc3c(c2)CCC3)c(C)n1C1CC1. The summed E-state index contributed by atoms with van der Waals surface area (Å²) in [5, 5.41) is 0. The topological polar surface area (TPSA) is 48.3 Å². The van der Waals surface area contributed by atoms with Gasteiger partial charge in [-0.15, -0.1) is 0 Å². The lowest BCUT2D eigenvalue weighted by atomic mass is 10.0. The molecule has 0 aliphatic heterocycles. The monoisotopic (exact) mass is 363 g/mol. The Morgan fingerprint density at radius 2 is 1.93 bits per heavy atom. The molecule has 0 N–H and O–H groups in total. The van der Waals surface area contributed by atoms with Gasteiger partial charge in [-0.1, -0.05) is 12.1 Å². The molecule has 0 radical (unpaired) electrons. The standard InChI is InChI=1S/C23H25NO3/c1-15-12-18(16(2)24(15)21-9-10-21)8-11-23(26)27-14-22(25)20-7-6-17-4-3-5-19(17)13-20/h6-8,11-13,21H,3-5,9-10,14H2,1-2H3/b11-8+. The molecule has 2 aliphatic rings. The molecule has 140 valence electrons. The highest BCUT2D eigenvalue weighted by Gasteiger charge is 2.26. The molecule has 1 aromatic heterocycles. The van der Waals surface area contributed by atoms with Gasteiger partial charge >= 0.3 is 5.97 Å². The quantitative estimate of drug-likeness (QED) is 0.435. The highest BCUT2D eigenvalue weighted by atomic mass is 16.5. The second-order valence-corrected chi connectivity index (χ2v) is 7.63. The number of carbonyl (C=O) groups is 2. The van der Waals surface area contributed by atoms with Crippen molar-refractivity contribution in [3.8, 4) is 0 Å². The van der Waals surface area contributed by atoms with E-state index in [2.05, 4.69) is 24.5 Å². The summed E-state index contributed by atoms with van der Waals surface area (Å²) in [4.78, 5) is 24.3. The van der Waals surface area contributed by atoms with Gasteiger partial charge in [-0.2, -0.15) is 0 Å². The van der Waals surface area contributed by atoms with Crippen LogP contribution in [0.15, 0.2) is 30.3 Å². The average molecular weight is 363 g/mol. The number of aryl methyl sites for hydroxylation is 3. The fraction of sp³-hybridized carbons (Fsp3) is 0.391. The Morgan fingerprint density at radius 1 is 1.15 bits per heavy atom. The molecule has 1 aromatic carbocycles. The molecule has 1 saturated carbocycles. The molecule has 4 nitrogen and oxygen atoms in total. The van der Waals surface area contributed by atoms with E-state index < -0.39 is 5.97 Å². The van der Waals surface area contributed by atoms with E-state index in [1.54, 1.807) is 6.08 Å². The predicted molar refractivity (Wildman–Crippen MR) is 105 cm³/mol. The van der Waals surface area contributed by atoms with Gasteiger partial charge in [0.05, 0.1) is 0 Å². The van der Waals surface area contributed by atoms with Crippen molar-refractivity contribution in [2.45, 2.75) is 52.0 Å². The van der Waals surface area contributed by atoms with Gasteiger partial charge in [0.25, 0.3) is 0 Å². The van der Waals surface area contributed by atoms with Crippen LogP contribution in [0.2, 0.25) is 0 Å². The van der Waals surface area contributed by atoms with Crippen molar-refractivity contribution in [1.29, 1.82) is 0 Å². The van der Waals surface area contributed by atoms with Gasteiger partial charge in [0.1, 0.15) is 0 Å². The van der Waals surface area contributed by atoms with Crippen molar-refractivity contribution in [1.82, 2.24) is 4.57 Å². The van der Waals surface area contributed by atoms with E-state index in [9.17, 15) is 9.59 Å². The first-order valence-corrected chi connectivity index (χ1v) is 9.71. The zero-order valence-electron chi connectivity index (χ0n) is 16.0. The molecule has 1 heterocycles. The first-order valence-electron chi connectivity index (χ1n) is 9.71. The summed E-state index contributed by atoms with van der Waals surface area (Å²) in [6.07, 6.45) is 8.91. The summed E-state index contributed by atoms with van der Waals surface area (Å²) in [6, 6.07) is 8.51. The van der Waals surface area contributed by atoms with Crippen molar-refractivity contribution in [3.63, 3.8) is 0 Å². The number of benzene rings is 1. The van der Waals surface area contributed by atoms with Gasteiger partial charge in [0.15, 0.2) is 12.4 Å². The molecule has 4 heteroatoms. The van der Waals surface area contributed by atoms with Gasteiger partial charge in [0.2, 0.25) is 0 Å². The number of aromatic nitrogens is 1. The molecule has 0 saturated heterocycles. The van der Waals surface area contributed by atoms with Crippen molar-refractivity contribution >= 4 is 17.8 Å². The van der Waals surface area contributed by atoms with E-state index in [1.165, 1.54) is 41.4 Å². The van der Waals surface area contributed by atoms with E-state index in [4.69, 9.17) is 4.74 Å². The maximum atomic E-state index is 12.3. The maximum absolute atomic E-state index is 12.3. The number of fused-ring (bicyclic) bond motifs is 1. The number of rotatable bonds is 6. The fourth-order valence-corrected chi connectivity index (χ4v) is 4.04. The Morgan fingerprint density at radius 3 is 2.70 bits per heavy atom. The molecule has 2 aromatic rings. The van der Waals surface area contributed by atoms with Crippen LogP contribution in [-0.4, -0.2) is 22.9 Å². The Balaban J connectivity index is 1.35. The van der Waals surface area contributed by atoms with Crippen LogP contribution in [0.5, 0.6) is 0 Å². The smallest absolute Gasteiger partial charge is 0.331 e. The lowest BCUT2D eigenvalue weighted by molar-refractivity contribution is -0.136. The molecule has 1 fully saturated rings. The highest BCUT2D eigenvalue weighted by Crippen LogP contribution is 2.38. The summed E-state index contributed by atoms with van der Waals surface area (Å²) < 4.78 is 7.49. The third kappa shape index (κ3) is 3.75. The zero-order chi connectivity index (χ0) is 19.0. The Bertz CT molecular complexity index is 931. The van der Waals surface area contributed by atoms with E-state index in [0.29, 0.717) is 11.6 Å². The molecule has 0 amide bonds. The van der Waals surface area contributed by atoms with Crippen LogP contribution >= 0.6 is 0 Å². The van der Waals surface area contributed by atoms with Gasteiger partial charge in [-0.25, -0.2) is 4.79 Å². The number of hydrogen-bond acceptors (Lipinski definition) is 3. The first-order chi connectivity index (χ1) is 13.0. The highest BCUT2D eigenvalue weighted by molar-refractivity contribution is 5.99. The van der Waals surface area contributed by atoms with Gasteiger partial charge in [-0.05, 0) is 80.9 Å². The van der Waals surface area contributed by atoms with Crippen LogP contribution in [0, 0.1) is 13.8 Å². The van der Waals surface area contributed by atoms with Crippen LogP contribution in [0.1, 0.15) is 63.7 Å². The number of nitrogens with zero attached hydrogens (tertiary/aromatic N) is 1. The number of ketones is 1. The van der Waals surface area contributed by atoms with Crippen LogP contribution in [0.25, 0.3) is 6.08 Å². The van der Waals surface area contributed by atoms with E-state index >= 15 is 0 Å². The number of esters is 1. The van der Waals surface area contributed by atoms with Gasteiger partial charge in [0, 0.05) is 29.1 Å². The second-order valence-electron chi connectivity index (χ2n) is 7.63. The van der Waals surface area contributed by atoms with Gasteiger partial charge < -0.3 is 9.30 Å². The third-order valence-electron chi connectivity index (χ3n) is 5.60. The lowest BCUT2D eigenvalue weighted by Gasteiger charge is -2.06. The Hall–Kier alpha value is -2.62. The first kappa shape index (κ1) is 17.8. The molecule has 27 heavy (non-hydrogen) atoms. The fourth-order valence-electron chi connectivity index (χ4n) is 4.04. The van der Waals surface area contributed by atoms with Gasteiger partial charge in [-0.3, -0.25) is 4.79 Å². The predicted octanol–water partition coefficient (Wildman–Crippen LogP) is 4.37. The van der Waals surface area contributed by atoms with Crippen molar-refractivity contribution < 1.29 is 14.3 Å². The van der Waals surface area contributed by atoms with Crippen molar-refractivity contribution in [3.05, 3.63) is 64.0 Å². The van der Waals surface area contributed by atoms with Crippen LogP contribution in [0.3, 0.4) is 0 Å². The lowest BCUT2D eigenvalue weighted by Crippen LogP contribution is -2.12. The molecule has 0 bridgehead atoms. The normalized spacial score (nSPS) is 15.9. The maximum Gasteiger partial charge on any atom is 0.331 e. The molecule has 4 rings (SSSR count).